The van der Waals surface area contributed by atoms with E-state index in [1.807, 2.05) is 12.3 Å². The molecule has 9 rings (SSSR count). The molecule has 43 heavy (non-hydrogen) atoms. The third-order valence-corrected chi connectivity index (χ3v) is 9.71. The first-order chi connectivity index (χ1) is 21.1. The molecule has 0 unspecified atom stereocenters. The third kappa shape index (κ3) is 3.43. The van der Waals surface area contributed by atoms with Gasteiger partial charge >= 0.3 is 0 Å². The van der Waals surface area contributed by atoms with Gasteiger partial charge in [0.15, 0.2) is 0 Å². The molecule has 0 bridgehead atoms. The van der Waals surface area contributed by atoms with Gasteiger partial charge in [-0.15, -0.1) is 0 Å². The lowest BCUT2D eigenvalue weighted by Crippen LogP contribution is -2.14. The Labute approximate surface area is 251 Å². The Bertz CT molecular complexity index is 2410. The predicted molar refractivity (Wildman–Crippen MR) is 183 cm³/mol. The van der Waals surface area contributed by atoms with Crippen LogP contribution < -0.4 is 0 Å². The zero-order chi connectivity index (χ0) is 28.7. The van der Waals surface area contributed by atoms with Gasteiger partial charge in [-0.3, -0.25) is 4.98 Å². The molecule has 1 aliphatic carbocycles. The summed E-state index contributed by atoms with van der Waals surface area (Å²) < 4.78 is 0. The standard InChI is InChI=1S/C42H29N/c1-42(2)39-16-8-7-15-33(39)38-24-36-31-14-6-5-13-30(31)35-23-26(18-19-32(35)37(36)25-40(38)42)27-20-21-34(41-17-9-10-22-43-41)29-12-4-3-11-28(27)29/h3-25H,1-2H3. The summed E-state index contributed by atoms with van der Waals surface area (Å²) in [6.45, 7) is 4.73. The first kappa shape index (κ1) is 24.3. The number of fused-ring (bicyclic) bond motifs is 10. The Hall–Kier alpha value is -5.27. The largest absolute Gasteiger partial charge is 0.256 e. The van der Waals surface area contributed by atoms with E-state index in [0.29, 0.717) is 0 Å². The number of hydrogen-bond donors (Lipinski definition) is 0. The molecule has 0 spiro atoms. The summed E-state index contributed by atoms with van der Waals surface area (Å²) in [5.41, 5.74) is 10.2. The third-order valence-electron chi connectivity index (χ3n) is 9.71. The van der Waals surface area contributed by atoms with E-state index >= 15 is 0 Å². The molecule has 7 aromatic carbocycles. The normalized spacial score (nSPS) is 13.5. The van der Waals surface area contributed by atoms with Gasteiger partial charge in [-0.25, -0.2) is 0 Å². The first-order valence-corrected chi connectivity index (χ1v) is 15.1. The Kier molecular flexibility index (Phi) is 5.02. The molecule has 1 heterocycles. The summed E-state index contributed by atoms with van der Waals surface area (Å²) >= 11 is 0. The van der Waals surface area contributed by atoms with Gasteiger partial charge in [0.1, 0.15) is 0 Å². The molecule has 202 valence electrons. The number of nitrogens with zero attached hydrogens (tertiary/aromatic N) is 1. The van der Waals surface area contributed by atoms with Crippen molar-refractivity contribution in [2.45, 2.75) is 19.3 Å². The number of aromatic nitrogens is 1. The van der Waals surface area contributed by atoms with Crippen molar-refractivity contribution in [3.05, 3.63) is 151 Å². The van der Waals surface area contributed by atoms with Crippen LogP contribution in [0.5, 0.6) is 0 Å². The highest BCUT2D eigenvalue weighted by Crippen LogP contribution is 2.51. The van der Waals surface area contributed by atoms with Crippen LogP contribution in [0.3, 0.4) is 0 Å². The Balaban J connectivity index is 1.32. The molecule has 1 nitrogen and oxygen atoms in total. The van der Waals surface area contributed by atoms with Crippen LogP contribution in [0.1, 0.15) is 25.0 Å². The lowest BCUT2D eigenvalue weighted by molar-refractivity contribution is 0.661. The highest BCUT2D eigenvalue weighted by atomic mass is 14.7. The van der Waals surface area contributed by atoms with Gasteiger partial charge in [-0.2, -0.15) is 0 Å². The molecule has 0 radical (unpaired) electrons. The van der Waals surface area contributed by atoms with E-state index < -0.39 is 0 Å². The monoisotopic (exact) mass is 547 g/mol. The van der Waals surface area contributed by atoms with E-state index in [-0.39, 0.29) is 5.41 Å². The maximum absolute atomic E-state index is 4.65. The topological polar surface area (TPSA) is 12.9 Å². The number of hydrogen-bond acceptors (Lipinski definition) is 1. The minimum absolute atomic E-state index is 0.0354. The van der Waals surface area contributed by atoms with Crippen molar-refractivity contribution >= 4 is 43.1 Å². The van der Waals surface area contributed by atoms with Crippen molar-refractivity contribution < 1.29 is 0 Å². The van der Waals surface area contributed by atoms with Crippen LogP contribution in [-0.4, -0.2) is 4.98 Å². The van der Waals surface area contributed by atoms with Crippen molar-refractivity contribution in [3.8, 4) is 33.5 Å². The summed E-state index contributed by atoms with van der Waals surface area (Å²) in [5.74, 6) is 0. The summed E-state index contributed by atoms with van der Waals surface area (Å²) in [6, 6.07) is 49.2. The van der Waals surface area contributed by atoms with Crippen LogP contribution in [0.4, 0.5) is 0 Å². The van der Waals surface area contributed by atoms with Crippen LogP contribution in [0, 0.1) is 0 Å². The molecule has 0 saturated heterocycles. The number of benzene rings is 7. The molecule has 1 heteroatoms. The highest BCUT2D eigenvalue weighted by Gasteiger charge is 2.35. The van der Waals surface area contributed by atoms with Gasteiger partial charge in [0, 0.05) is 17.2 Å². The van der Waals surface area contributed by atoms with Crippen molar-refractivity contribution in [1.82, 2.24) is 4.98 Å². The second kappa shape index (κ2) is 8.86. The molecular weight excluding hydrogens is 518 g/mol. The van der Waals surface area contributed by atoms with Crippen molar-refractivity contribution in [2.75, 3.05) is 0 Å². The average Bonchev–Trinajstić information content (AvgIpc) is 3.29. The Morgan fingerprint density at radius 3 is 1.77 bits per heavy atom. The number of pyridine rings is 1. The van der Waals surface area contributed by atoms with E-state index in [2.05, 4.69) is 146 Å². The van der Waals surface area contributed by atoms with E-state index in [4.69, 9.17) is 0 Å². The molecule has 0 saturated carbocycles. The van der Waals surface area contributed by atoms with Crippen LogP contribution in [0.15, 0.2) is 140 Å². The fraction of sp³-hybridized carbons (Fsp3) is 0.0714. The van der Waals surface area contributed by atoms with Crippen molar-refractivity contribution in [1.29, 1.82) is 0 Å². The van der Waals surface area contributed by atoms with E-state index in [1.165, 1.54) is 76.5 Å². The molecule has 1 aliphatic rings. The Morgan fingerprint density at radius 1 is 0.395 bits per heavy atom. The minimum atomic E-state index is -0.0354. The lowest BCUT2D eigenvalue weighted by Gasteiger charge is -2.22. The summed E-state index contributed by atoms with van der Waals surface area (Å²) in [4.78, 5) is 4.65. The summed E-state index contributed by atoms with van der Waals surface area (Å²) in [6.07, 6.45) is 1.87. The SMILES string of the molecule is CC1(C)c2ccccc2-c2cc3c4ccccc4c4cc(-c5ccc(-c6ccccn6)c6ccccc56)ccc4c3cc21. The maximum Gasteiger partial charge on any atom is 0.0708 e. The smallest absolute Gasteiger partial charge is 0.0708 e. The quantitative estimate of drug-likeness (QED) is 0.196. The summed E-state index contributed by atoms with van der Waals surface area (Å²) in [7, 11) is 0. The van der Waals surface area contributed by atoms with Gasteiger partial charge < -0.3 is 0 Å². The second-order valence-electron chi connectivity index (χ2n) is 12.3. The van der Waals surface area contributed by atoms with E-state index in [9.17, 15) is 0 Å². The van der Waals surface area contributed by atoms with E-state index in [1.54, 1.807) is 0 Å². The molecular formula is C42H29N. The second-order valence-corrected chi connectivity index (χ2v) is 12.3. The predicted octanol–water partition coefficient (Wildman–Crippen LogP) is 11.3. The molecule has 0 aliphatic heterocycles. The number of rotatable bonds is 2. The minimum Gasteiger partial charge on any atom is -0.256 e. The van der Waals surface area contributed by atoms with Gasteiger partial charge in [0.05, 0.1) is 5.69 Å². The maximum atomic E-state index is 4.65. The van der Waals surface area contributed by atoms with Crippen LogP contribution in [0.2, 0.25) is 0 Å². The highest BCUT2D eigenvalue weighted by molar-refractivity contribution is 6.27. The lowest BCUT2D eigenvalue weighted by atomic mass is 9.81. The molecule has 0 fully saturated rings. The van der Waals surface area contributed by atoms with Gasteiger partial charge in [0.2, 0.25) is 0 Å². The molecule has 1 aromatic heterocycles. The molecule has 0 amide bonds. The van der Waals surface area contributed by atoms with Gasteiger partial charge in [0.25, 0.3) is 0 Å². The van der Waals surface area contributed by atoms with Crippen LogP contribution in [0.25, 0.3) is 76.6 Å². The zero-order valence-corrected chi connectivity index (χ0v) is 24.2. The molecule has 0 atom stereocenters. The molecule has 0 N–H and O–H groups in total. The fourth-order valence-electron chi connectivity index (χ4n) is 7.61. The van der Waals surface area contributed by atoms with Crippen LogP contribution >= 0.6 is 0 Å². The van der Waals surface area contributed by atoms with Crippen molar-refractivity contribution in [3.63, 3.8) is 0 Å². The van der Waals surface area contributed by atoms with Gasteiger partial charge in [-0.1, -0.05) is 117 Å². The first-order valence-electron chi connectivity index (χ1n) is 15.1. The Morgan fingerprint density at radius 2 is 1.00 bits per heavy atom. The van der Waals surface area contributed by atoms with E-state index in [0.717, 1.165) is 11.3 Å². The zero-order valence-electron chi connectivity index (χ0n) is 24.2. The molecule has 8 aromatic rings. The van der Waals surface area contributed by atoms with Crippen LogP contribution in [-0.2, 0) is 5.41 Å². The van der Waals surface area contributed by atoms with Gasteiger partial charge in [-0.05, 0) is 107 Å². The summed E-state index contributed by atoms with van der Waals surface area (Å²) in [5, 5.41) is 10.3. The fourth-order valence-corrected chi connectivity index (χ4v) is 7.61. The van der Waals surface area contributed by atoms with Crippen molar-refractivity contribution in [2.24, 2.45) is 0 Å². The average molecular weight is 548 g/mol.